The topological polar surface area (TPSA) is 46.0 Å². The summed E-state index contributed by atoms with van der Waals surface area (Å²) in [6.45, 7) is 4.09. The summed E-state index contributed by atoms with van der Waals surface area (Å²) in [5.41, 5.74) is 3.31. The highest BCUT2D eigenvalue weighted by Crippen LogP contribution is 2.24. The lowest BCUT2D eigenvalue weighted by atomic mass is 10.0. The second kappa shape index (κ2) is 4.08. The lowest BCUT2D eigenvalue weighted by Crippen LogP contribution is -1.98. The van der Waals surface area contributed by atoms with E-state index in [1.165, 1.54) is 22.7 Å². The van der Waals surface area contributed by atoms with Gasteiger partial charge in [-0.15, -0.1) is 5.10 Å². The zero-order chi connectivity index (χ0) is 10.8. The quantitative estimate of drug-likeness (QED) is 0.844. The van der Waals surface area contributed by atoms with E-state index >= 15 is 0 Å². The Balaban J connectivity index is 2.34. The van der Waals surface area contributed by atoms with Gasteiger partial charge < -0.3 is 5.11 Å². The number of hydrogen-bond acceptors (Lipinski definition) is 4. The van der Waals surface area contributed by atoms with Crippen LogP contribution in [0.4, 0.5) is 0 Å². The highest BCUT2D eigenvalue weighted by Gasteiger charge is 2.13. The Morgan fingerprint density at radius 3 is 2.67 bits per heavy atom. The van der Waals surface area contributed by atoms with Crippen LogP contribution in [0, 0.1) is 13.8 Å². The number of aliphatic hydroxyl groups excluding tert-OH is 1. The van der Waals surface area contributed by atoms with Crippen LogP contribution in [-0.4, -0.2) is 14.7 Å². The summed E-state index contributed by atoms with van der Waals surface area (Å²) in [4.78, 5) is 0.776. The average Bonchev–Trinajstić information content (AvgIpc) is 2.74. The molecule has 0 radical (unpaired) electrons. The SMILES string of the molecule is Cc1ccc(C(O)c2cnns2)cc1C. The molecular weight excluding hydrogens is 208 g/mol. The lowest BCUT2D eigenvalue weighted by molar-refractivity contribution is 0.224. The molecule has 3 nitrogen and oxygen atoms in total. The Morgan fingerprint density at radius 2 is 2.07 bits per heavy atom. The molecule has 0 aliphatic rings. The van der Waals surface area contributed by atoms with Crippen LogP contribution >= 0.6 is 11.5 Å². The van der Waals surface area contributed by atoms with Crippen molar-refractivity contribution in [1.29, 1.82) is 0 Å². The summed E-state index contributed by atoms with van der Waals surface area (Å²) in [5.74, 6) is 0. The molecule has 78 valence electrons. The molecule has 0 aliphatic carbocycles. The van der Waals surface area contributed by atoms with Crippen LogP contribution in [-0.2, 0) is 0 Å². The van der Waals surface area contributed by atoms with Gasteiger partial charge in [0.1, 0.15) is 6.10 Å². The van der Waals surface area contributed by atoms with Gasteiger partial charge in [0, 0.05) is 0 Å². The highest BCUT2D eigenvalue weighted by molar-refractivity contribution is 7.05. The third kappa shape index (κ3) is 2.06. The van der Waals surface area contributed by atoms with Gasteiger partial charge in [-0.3, -0.25) is 0 Å². The van der Waals surface area contributed by atoms with Crippen LogP contribution in [0.2, 0.25) is 0 Å². The molecule has 0 amide bonds. The number of hydrogen-bond donors (Lipinski definition) is 1. The van der Waals surface area contributed by atoms with Gasteiger partial charge in [0.2, 0.25) is 0 Å². The van der Waals surface area contributed by atoms with E-state index in [-0.39, 0.29) is 0 Å². The van der Waals surface area contributed by atoms with Gasteiger partial charge in [-0.05, 0) is 42.1 Å². The standard InChI is InChI=1S/C11H12N2OS/c1-7-3-4-9(5-8(7)2)11(14)10-6-12-13-15-10/h3-6,11,14H,1-2H3. The minimum Gasteiger partial charge on any atom is -0.383 e. The molecule has 0 bridgehead atoms. The van der Waals surface area contributed by atoms with Crippen molar-refractivity contribution >= 4 is 11.5 Å². The summed E-state index contributed by atoms with van der Waals surface area (Å²) in [6.07, 6.45) is 0.995. The Hall–Kier alpha value is -1.26. The van der Waals surface area contributed by atoms with Gasteiger partial charge in [0.05, 0.1) is 11.1 Å². The summed E-state index contributed by atoms with van der Waals surface area (Å²) < 4.78 is 3.74. The smallest absolute Gasteiger partial charge is 0.116 e. The van der Waals surface area contributed by atoms with E-state index in [1.807, 2.05) is 25.1 Å². The molecular formula is C11H12N2OS. The minimum absolute atomic E-state index is 0.607. The first-order valence-electron chi connectivity index (χ1n) is 4.71. The molecule has 1 unspecified atom stereocenters. The van der Waals surface area contributed by atoms with Crippen LogP contribution in [0.25, 0.3) is 0 Å². The maximum atomic E-state index is 10.0. The van der Waals surface area contributed by atoms with Crippen molar-refractivity contribution in [3.8, 4) is 0 Å². The fourth-order valence-electron chi connectivity index (χ4n) is 1.39. The maximum absolute atomic E-state index is 10.0. The summed E-state index contributed by atoms with van der Waals surface area (Å²) in [5, 5.41) is 13.7. The molecule has 0 saturated heterocycles. The second-order valence-corrected chi connectivity index (χ2v) is 4.38. The normalized spacial score (nSPS) is 12.7. The van der Waals surface area contributed by atoms with Crippen molar-refractivity contribution in [2.24, 2.45) is 0 Å². The van der Waals surface area contributed by atoms with E-state index in [9.17, 15) is 5.11 Å². The largest absolute Gasteiger partial charge is 0.383 e. The summed E-state index contributed by atoms with van der Waals surface area (Å²) in [7, 11) is 0. The van der Waals surface area contributed by atoms with Gasteiger partial charge in [0.25, 0.3) is 0 Å². The van der Waals surface area contributed by atoms with Crippen LogP contribution in [0.1, 0.15) is 27.7 Å². The molecule has 0 aliphatic heterocycles. The zero-order valence-electron chi connectivity index (χ0n) is 8.64. The van der Waals surface area contributed by atoms with Crippen molar-refractivity contribution in [1.82, 2.24) is 9.59 Å². The Bertz CT molecular complexity index is 454. The predicted molar refractivity (Wildman–Crippen MR) is 59.9 cm³/mol. The number of aryl methyl sites for hydroxylation is 2. The predicted octanol–water partition coefficient (Wildman–Crippen LogP) is 2.24. The highest BCUT2D eigenvalue weighted by atomic mass is 32.1. The van der Waals surface area contributed by atoms with E-state index in [2.05, 4.69) is 16.5 Å². The molecule has 1 heterocycles. The number of aliphatic hydroxyl groups is 1. The molecule has 1 aromatic carbocycles. The molecule has 1 aromatic heterocycles. The summed E-state index contributed by atoms with van der Waals surface area (Å²) >= 11 is 1.22. The zero-order valence-corrected chi connectivity index (χ0v) is 9.45. The van der Waals surface area contributed by atoms with Gasteiger partial charge in [-0.2, -0.15) is 0 Å². The van der Waals surface area contributed by atoms with E-state index in [4.69, 9.17) is 0 Å². The fraction of sp³-hybridized carbons (Fsp3) is 0.273. The van der Waals surface area contributed by atoms with Gasteiger partial charge >= 0.3 is 0 Å². The molecule has 0 spiro atoms. The van der Waals surface area contributed by atoms with Gasteiger partial charge in [-0.1, -0.05) is 22.7 Å². The fourth-order valence-corrected chi connectivity index (χ4v) is 1.91. The molecule has 1 atom stereocenters. The molecule has 4 heteroatoms. The lowest BCUT2D eigenvalue weighted by Gasteiger charge is -2.09. The molecule has 2 aromatic rings. The van der Waals surface area contributed by atoms with E-state index in [0.29, 0.717) is 0 Å². The summed E-state index contributed by atoms with van der Waals surface area (Å²) in [6, 6.07) is 5.95. The van der Waals surface area contributed by atoms with E-state index in [1.54, 1.807) is 6.20 Å². The first-order chi connectivity index (χ1) is 7.18. The first kappa shape index (κ1) is 10.3. The third-order valence-corrected chi connectivity index (χ3v) is 3.21. The monoisotopic (exact) mass is 220 g/mol. The van der Waals surface area contributed by atoms with Gasteiger partial charge in [0.15, 0.2) is 0 Å². The first-order valence-corrected chi connectivity index (χ1v) is 5.48. The Labute approximate surface area is 92.6 Å². The molecule has 2 rings (SSSR count). The second-order valence-electron chi connectivity index (χ2n) is 3.57. The Kier molecular flexibility index (Phi) is 2.79. The van der Waals surface area contributed by atoms with Gasteiger partial charge in [-0.25, -0.2) is 0 Å². The van der Waals surface area contributed by atoms with Crippen LogP contribution in [0.5, 0.6) is 0 Å². The van der Waals surface area contributed by atoms with Crippen molar-refractivity contribution in [3.63, 3.8) is 0 Å². The third-order valence-electron chi connectivity index (χ3n) is 2.49. The van der Waals surface area contributed by atoms with Crippen molar-refractivity contribution in [2.75, 3.05) is 0 Å². The van der Waals surface area contributed by atoms with E-state index < -0.39 is 6.10 Å². The molecule has 0 saturated carbocycles. The maximum Gasteiger partial charge on any atom is 0.116 e. The Morgan fingerprint density at radius 1 is 1.27 bits per heavy atom. The molecule has 15 heavy (non-hydrogen) atoms. The molecule has 0 fully saturated rings. The van der Waals surface area contributed by atoms with Crippen LogP contribution < -0.4 is 0 Å². The number of benzene rings is 1. The van der Waals surface area contributed by atoms with Crippen molar-refractivity contribution < 1.29 is 5.11 Å². The number of rotatable bonds is 2. The van der Waals surface area contributed by atoms with E-state index in [0.717, 1.165) is 10.4 Å². The van der Waals surface area contributed by atoms with Crippen LogP contribution in [0.3, 0.4) is 0 Å². The minimum atomic E-state index is -0.607. The van der Waals surface area contributed by atoms with Crippen LogP contribution in [0.15, 0.2) is 24.4 Å². The molecule has 1 N–H and O–H groups in total. The number of aromatic nitrogens is 2. The average molecular weight is 220 g/mol. The number of nitrogens with zero attached hydrogens (tertiary/aromatic N) is 2. The van der Waals surface area contributed by atoms with Crippen molar-refractivity contribution in [2.45, 2.75) is 20.0 Å². The van der Waals surface area contributed by atoms with Crippen molar-refractivity contribution in [3.05, 3.63) is 46.0 Å².